The van der Waals surface area contributed by atoms with E-state index < -0.39 is 0 Å². The maximum absolute atomic E-state index is 12.0. The second-order valence-corrected chi connectivity index (χ2v) is 4.87. The molecule has 3 heteroatoms. The molecule has 3 nitrogen and oxygen atoms in total. The van der Waals surface area contributed by atoms with Crippen LogP contribution in [0.5, 0.6) is 0 Å². The zero-order valence-electron chi connectivity index (χ0n) is 9.55. The second kappa shape index (κ2) is 4.30. The van der Waals surface area contributed by atoms with Crippen LogP contribution >= 0.6 is 0 Å². The SMILES string of the molecule is CC1CCC(CN)(C(=O)N(C)C)CC1. The Morgan fingerprint density at radius 3 is 2.29 bits per heavy atom. The van der Waals surface area contributed by atoms with E-state index in [-0.39, 0.29) is 11.3 Å². The molecule has 0 spiro atoms. The van der Waals surface area contributed by atoms with Crippen LogP contribution in [0.25, 0.3) is 0 Å². The molecule has 0 heterocycles. The molecule has 0 aromatic carbocycles. The van der Waals surface area contributed by atoms with Gasteiger partial charge in [-0.1, -0.05) is 6.92 Å². The molecule has 0 aromatic heterocycles. The third-order valence-corrected chi connectivity index (χ3v) is 3.48. The Balaban J connectivity index is 2.72. The van der Waals surface area contributed by atoms with Gasteiger partial charge in [-0.15, -0.1) is 0 Å². The van der Waals surface area contributed by atoms with Gasteiger partial charge in [-0.25, -0.2) is 0 Å². The summed E-state index contributed by atoms with van der Waals surface area (Å²) in [5.74, 6) is 0.969. The minimum atomic E-state index is -0.254. The standard InChI is InChI=1S/C11H22N2O/c1-9-4-6-11(8-12,7-5-9)10(14)13(2)3/h9H,4-8,12H2,1-3H3. The summed E-state index contributed by atoms with van der Waals surface area (Å²) in [5, 5.41) is 0. The van der Waals surface area contributed by atoms with Gasteiger partial charge in [-0.2, -0.15) is 0 Å². The Morgan fingerprint density at radius 1 is 1.43 bits per heavy atom. The van der Waals surface area contributed by atoms with Crippen LogP contribution in [0.2, 0.25) is 0 Å². The summed E-state index contributed by atoms with van der Waals surface area (Å²) in [5.41, 5.74) is 5.52. The Bertz CT molecular complexity index is 205. The largest absolute Gasteiger partial charge is 0.348 e. The van der Waals surface area contributed by atoms with Crippen molar-refractivity contribution < 1.29 is 4.79 Å². The summed E-state index contributed by atoms with van der Waals surface area (Å²) in [6, 6.07) is 0. The van der Waals surface area contributed by atoms with E-state index in [0.717, 1.165) is 31.6 Å². The first-order valence-corrected chi connectivity index (χ1v) is 5.43. The minimum absolute atomic E-state index is 0.215. The van der Waals surface area contributed by atoms with Crippen LogP contribution < -0.4 is 5.73 Å². The highest BCUT2D eigenvalue weighted by atomic mass is 16.2. The predicted molar refractivity (Wildman–Crippen MR) is 57.8 cm³/mol. The van der Waals surface area contributed by atoms with Crippen molar-refractivity contribution >= 4 is 5.91 Å². The zero-order chi connectivity index (χ0) is 10.8. The quantitative estimate of drug-likeness (QED) is 0.725. The van der Waals surface area contributed by atoms with Gasteiger partial charge in [0.15, 0.2) is 0 Å². The maximum Gasteiger partial charge on any atom is 0.229 e. The van der Waals surface area contributed by atoms with Crippen LogP contribution in [0.15, 0.2) is 0 Å². The molecule has 0 aliphatic heterocycles. The van der Waals surface area contributed by atoms with Gasteiger partial charge in [0.2, 0.25) is 5.91 Å². The molecule has 82 valence electrons. The highest BCUT2D eigenvalue weighted by molar-refractivity contribution is 5.82. The van der Waals surface area contributed by atoms with Gasteiger partial charge in [0.05, 0.1) is 5.41 Å². The second-order valence-electron chi connectivity index (χ2n) is 4.87. The number of rotatable bonds is 2. The predicted octanol–water partition coefficient (Wildman–Crippen LogP) is 1.23. The number of nitrogens with two attached hydrogens (primary N) is 1. The van der Waals surface area contributed by atoms with Crippen molar-refractivity contribution in [1.29, 1.82) is 0 Å². The fourth-order valence-electron chi connectivity index (χ4n) is 2.29. The highest BCUT2D eigenvalue weighted by Crippen LogP contribution is 2.39. The molecule has 1 saturated carbocycles. The van der Waals surface area contributed by atoms with Crippen LogP contribution in [0, 0.1) is 11.3 Å². The lowest BCUT2D eigenvalue weighted by molar-refractivity contribution is -0.141. The number of nitrogens with zero attached hydrogens (tertiary/aromatic N) is 1. The zero-order valence-corrected chi connectivity index (χ0v) is 9.55. The van der Waals surface area contributed by atoms with Crippen LogP contribution in [0.4, 0.5) is 0 Å². The van der Waals surface area contributed by atoms with Gasteiger partial charge in [-0.05, 0) is 31.6 Å². The van der Waals surface area contributed by atoms with Gasteiger partial charge >= 0.3 is 0 Å². The van der Waals surface area contributed by atoms with Crippen LogP contribution in [0.1, 0.15) is 32.6 Å². The fraction of sp³-hybridized carbons (Fsp3) is 0.909. The smallest absolute Gasteiger partial charge is 0.229 e. The Morgan fingerprint density at radius 2 is 1.93 bits per heavy atom. The van der Waals surface area contributed by atoms with Gasteiger partial charge in [0, 0.05) is 20.6 Å². The lowest BCUT2D eigenvalue weighted by Gasteiger charge is -2.38. The van der Waals surface area contributed by atoms with Crippen molar-refractivity contribution in [2.45, 2.75) is 32.6 Å². The molecule has 1 aliphatic rings. The third kappa shape index (κ3) is 2.08. The van der Waals surface area contributed by atoms with Crippen molar-refractivity contribution in [2.24, 2.45) is 17.1 Å². The van der Waals surface area contributed by atoms with Gasteiger partial charge in [0.1, 0.15) is 0 Å². The monoisotopic (exact) mass is 198 g/mol. The summed E-state index contributed by atoms with van der Waals surface area (Å²) in [7, 11) is 3.63. The van der Waals surface area contributed by atoms with Crippen LogP contribution in [0.3, 0.4) is 0 Å². The van der Waals surface area contributed by atoms with Crippen molar-refractivity contribution in [3.63, 3.8) is 0 Å². The molecule has 14 heavy (non-hydrogen) atoms. The normalized spacial score (nSPS) is 32.7. The van der Waals surface area contributed by atoms with E-state index in [2.05, 4.69) is 6.92 Å². The highest BCUT2D eigenvalue weighted by Gasteiger charge is 2.40. The number of amides is 1. The molecule has 0 radical (unpaired) electrons. The fourth-order valence-corrected chi connectivity index (χ4v) is 2.29. The summed E-state index contributed by atoms with van der Waals surface area (Å²) in [6.07, 6.45) is 4.19. The van der Waals surface area contributed by atoms with E-state index >= 15 is 0 Å². The first-order chi connectivity index (χ1) is 6.52. The average Bonchev–Trinajstić information content (AvgIpc) is 2.18. The molecule has 0 bridgehead atoms. The van der Waals surface area contributed by atoms with Crippen molar-refractivity contribution in [2.75, 3.05) is 20.6 Å². The van der Waals surface area contributed by atoms with Crippen molar-refractivity contribution in [1.82, 2.24) is 4.90 Å². The first kappa shape index (κ1) is 11.5. The molecule has 1 rings (SSSR count). The first-order valence-electron chi connectivity index (χ1n) is 5.43. The maximum atomic E-state index is 12.0. The lowest BCUT2D eigenvalue weighted by Crippen LogP contribution is -2.47. The van der Waals surface area contributed by atoms with Gasteiger partial charge in [0.25, 0.3) is 0 Å². The molecular formula is C11H22N2O. The van der Waals surface area contributed by atoms with E-state index in [4.69, 9.17) is 5.73 Å². The van der Waals surface area contributed by atoms with Crippen LogP contribution in [-0.2, 0) is 4.79 Å². The molecule has 0 unspecified atom stereocenters. The molecule has 0 aromatic rings. The molecule has 2 N–H and O–H groups in total. The number of hydrogen-bond donors (Lipinski definition) is 1. The van der Waals surface area contributed by atoms with Crippen LogP contribution in [-0.4, -0.2) is 31.4 Å². The topological polar surface area (TPSA) is 46.3 Å². The van der Waals surface area contributed by atoms with E-state index in [9.17, 15) is 4.79 Å². The number of carbonyl (C=O) groups excluding carboxylic acids is 1. The molecule has 1 fully saturated rings. The molecule has 0 atom stereocenters. The van der Waals surface area contributed by atoms with E-state index in [1.807, 2.05) is 14.1 Å². The summed E-state index contributed by atoms with van der Waals surface area (Å²) in [4.78, 5) is 13.7. The van der Waals surface area contributed by atoms with Crippen molar-refractivity contribution in [3.8, 4) is 0 Å². The Kier molecular flexibility index (Phi) is 3.53. The summed E-state index contributed by atoms with van der Waals surface area (Å²) in [6.45, 7) is 2.75. The average molecular weight is 198 g/mol. The van der Waals surface area contributed by atoms with Crippen molar-refractivity contribution in [3.05, 3.63) is 0 Å². The van der Waals surface area contributed by atoms with E-state index in [0.29, 0.717) is 6.54 Å². The Labute approximate surface area is 86.6 Å². The number of carbonyl (C=O) groups is 1. The molecule has 1 aliphatic carbocycles. The Hall–Kier alpha value is -0.570. The summed E-state index contributed by atoms with van der Waals surface area (Å²) >= 11 is 0. The van der Waals surface area contributed by atoms with E-state index in [1.165, 1.54) is 0 Å². The number of hydrogen-bond acceptors (Lipinski definition) is 2. The lowest BCUT2D eigenvalue weighted by atomic mass is 9.70. The summed E-state index contributed by atoms with van der Waals surface area (Å²) < 4.78 is 0. The molecule has 0 saturated heterocycles. The minimum Gasteiger partial charge on any atom is -0.348 e. The molecule has 1 amide bonds. The van der Waals surface area contributed by atoms with Gasteiger partial charge in [-0.3, -0.25) is 4.79 Å². The third-order valence-electron chi connectivity index (χ3n) is 3.48. The molecular weight excluding hydrogens is 176 g/mol. The van der Waals surface area contributed by atoms with Gasteiger partial charge < -0.3 is 10.6 Å². The van der Waals surface area contributed by atoms with E-state index in [1.54, 1.807) is 4.90 Å².